The van der Waals surface area contributed by atoms with Crippen molar-refractivity contribution in [3.8, 4) is 0 Å². The lowest BCUT2D eigenvalue weighted by Gasteiger charge is -2.36. The fraction of sp³-hybridized carbons (Fsp3) is 1.00. The van der Waals surface area contributed by atoms with Crippen LogP contribution < -0.4 is 0 Å². The van der Waals surface area contributed by atoms with Gasteiger partial charge in [-0.25, -0.2) is 0 Å². The van der Waals surface area contributed by atoms with Gasteiger partial charge in [-0.1, -0.05) is 72.6 Å². The Morgan fingerprint density at radius 3 is 0.929 bits per heavy atom. The van der Waals surface area contributed by atoms with Gasteiger partial charge in [0.15, 0.2) is 8.32 Å². The molecule has 0 saturated heterocycles. The van der Waals surface area contributed by atoms with Crippen LogP contribution in [0.1, 0.15) is 79.1 Å². The summed E-state index contributed by atoms with van der Waals surface area (Å²) in [5.74, 6) is 0. The van der Waals surface area contributed by atoms with Gasteiger partial charge in [-0.05, 0) is 24.6 Å². The Morgan fingerprint density at radius 1 is 0.357 bits per heavy atom. The highest BCUT2D eigenvalue weighted by atomic mass is 28.4. The number of ether oxygens (including phenoxy) is 8. The molecule has 42 heavy (non-hydrogen) atoms. The molecule has 0 amide bonds. The summed E-state index contributed by atoms with van der Waals surface area (Å²) in [5, 5.41) is 0.225. The average molecular weight is 625 g/mol. The van der Waals surface area contributed by atoms with Crippen molar-refractivity contribution in [1.82, 2.24) is 0 Å². The Labute approximate surface area is 260 Å². The van der Waals surface area contributed by atoms with E-state index in [0.29, 0.717) is 106 Å². The van der Waals surface area contributed by atoms with Gasteiger partial charge in [0.1, 0.15) is 0 Å². The van der Waals surface area contributed by atoms with E-state index in [9.17, 15) is 0 Å². The zero-order valence-electron chi connectivity index (χ0n) is 28.4. The van der Waals surface area contributed by atoms with Crippen LogP contribution in [0.5, 0.6) is 0 Å². The Morgan fingerprint density at radius 2 is 0.619 bits per heavy atom. The predicted octanol–water partition coefficient (Wildman–Crippen LogP) is 6.28. The maximum Gasteiger partial charge on any atom is 0.192 e. The minimum atomic E-state index is -1.69. The standard InChI is InChI=1S/C32H68O9Si/c1-7-8-9-10-11-12-13-14-15-33-16-17-34-18-19-35-20-21-36-22-23-37-24-25-38-26-27-39-28-29-40-30-31-41-42(5,6)32(2,3)4/h7-31H2,1-6H3. The van der Waals surface area contributed by atoms with Gasteiger partial charge in [0, 0.05) is 6.61 Å². The van der Waals surface area contributed by atoms with Crippen LogP contribution >= 0.6 is 0 Å². The van der Waals surface area contributed by atoms with Gasteiger partial charge in [0.05, 0.1) is 106 Å². The molecule has 254 valence electrons. The number of unbranched alkanes of at least 4 members (excludes halogenated alkanes) is 7. The van der Waals surface area contributed by atoms with Gasteiger partial charge < -0.3 is 42.3 Å². The summed E-state index contributed by atoms with van der Waals surface area (Å²) in [7, 11) is -1.69. The topological polar surface area (TPSA) is 83.1 Å². The van der Waals surface area contributed by atoms with E-state index in [0.717, 1.165) is 13.0 Å². The zero-order valence-corrected chi connectivity index (χ0v) is 29.4. The van der Waals surface area contributed by atoms with Crippen molar-refractivity contribution in [2.24, 2.45) is 0 Å². The van der Waals surface area contributed by atoms with Crippen molar-refractivity contribution in [2.75, 3.05) is 112 Å². The molecule has 0 aromatic rings. The molecule has 0 aliphatic rings. The van der Waals surface area contributed by atoms with E-state index in [-0.39, 0.29) is 5.04 Å². The molecule has 0 bridgehead atoms. The van der Waals surface area contributed by atoms with E-state index < -0.39 is 8.32 Å². The number of hydrogen-bond donors (Lipinski definition) is 0. The summed E-state index contributed by atoms with van der Waals surface area (Å²) >= 11 is 0. The molecule has 9 nitrogen and oxygen atoms in total. The average Bonchev–Trinajstić information content (AvgIpc) is 2.95. The zero-order chi connectivity index (χ0) is 31.0. The Kier molecular flexibility index (Phi) is 30.8. The Bertz CT molecular complexity index is 533. The molecule has 0 rings (SSSR count). The molecule has 0 unspecified atom stereocenters. The first-order chi connectivity index (χ1) is 20.3. The largest absolute Gasteiger partial charge is 0.414 e. The maximum atomic E-state index is 6.08. The van der Waals surface area contributed by atoms with Crippen molar-refractivity contribution in [1.29, 1.82) is 0 Å². The maximum absolute atomic E-state index is 6.08. The van der Waals surface area contributed by atoms with E-state index in [2.05, 4.69) is 40.8 Å². The van der Waals surface area contributed by atoms with Crippen LogP contribution in [0.3, 0.4) is 0 Å². The van der Waals surface area contributed by atoms with E-state index in [1.165, 1.54) is 44.9 Å². The molecule has 0 aliphatic carbocycles. The van der Waals surface area contributed by atoms with Crippen LogP contribution in [0.15, 0.2) is 0 Å². The van der Waals surface area contributed by atoms with Gasteiger partial charge >= 0.3 is 0 Å². The highest BCUT2D eigenvalue weighted by Gasteiger charge is 2.36. The van der Waals surface area contributed by atoms with Crippen LogP contribution in [0.2, 0.25) is 18.1 Å². The first-order valence-corrected chi connectivity index (χ1v) is 19.5. The lowest BCUT2D eigenvalue weighted by molar-refractivity contribution is -0.0237. The van der Waals surface area contributed by atoms with Crippen LogP contribution in [0, 0.1) is 0 Å². The molecular weight excluding hydrogens is 556 g/mol. The van der Waals surface area contributed by atoms with Crippen LogP contribution in [0.25, 0.3) is 0 Å². The normalized spacial score (nSPS) is 12.4. The second kappa shape index (κ2) is 30.9. The first-order valence-electron chi connectivity index (χ1n) is 16.6. The smallest absolute Gasteiger partial charge is 0.192 e. The van der Waals surface area contributed by atoms with E-state index >= 15 is 0 Å². The lowest BCUT2D eigenvalue weighted by Crippen LogP contribution is -2.41. The molecular formula is C32H68O9Si. The summed E-state index contributed by atoms with van der Waals surface area (Å²) in [6.45, 7) is 23.5. The van der Waals surface area contributed by atoms with Crippen molar-refractivity contribution in [3.05, 3.63) is 0 Å². The highest BCUT2D eigenvalue weighted by Crippen LogP contribution is 2.36. The fourth-order valence-electron chi connectivity index (χ4n) is 3.55. The minimum absolute atomic E-state index is 0.225. The monoisotopic (exact) mass is 624 g/mol. The van der Waals surface area contributed by atoms with Gasteiger partial charge in [-0.2, -0.15) is 0 Å². The predicted molar refractivity (Wildman–Crippen MR) is 172 cm³/mol. The second-order valence-corrected chi connectivity index (χ2v) is 16.8. The molecule has 0 atom stereocenters. The van der Waals surface area contributed by atoms with Crippen molar-refractivity contribution in [2.45, 2.75) is 97.2 Å². The lowest BCUT2D eigenvalue weighted by atomic mass is 10.1. The molecule has 0 aliphatic heterocycles. The Balaban J connectivity index is 3.12. The third-order valence-corrected chi connectivity index (χ3v) is 11.8. The third kappa shape index (κ3) is 29.9. The summed E-state index contributed by atoms with van der Waals surface area (Å²) < 4.78 is 50.4. The van der Waals surface area contributed by atoms with Gasteiger partial charge in [0.2, 0.25) is 0 Å². The van der Waals surface area contributed by atoms with Crippen molar-refractivity contribution < 1.29 is 42.3 Å². The van der Waals surface area contributed by atoms with E-state index in [1.54, 1.807) is 0 Å². The van der Waals surface area contributed by atoms with Crippen LogP contribution in [0.4, 0.5) is 0 Å². The number of rotatable bonds is 34. The summed E-state index contributed by atoms with van der Waals surface area (Å²) in [6, 6.07) is 0. The first kappa shape index (κ1) is 41.9. The molecule has 0 spiro atoms. The van der Waals surface area contributed by atoms with Gasteiger partial charge in [-0.3, -0.25) is 0 Å². The van der Waals surface area contributed by atoms with Crippen molar-refractivity contribution in [3.63, 3.8) is 0 Å². The SMILES string of the molecule is CCCCCCCCCCOCCOCCOCCOCCOCCOCCOCCOCCO[Si](C)(C)C(C)(C)C. The summed E-state index contributed by atoms with van der Waals surface area (Å²) in [5.41, 5.74) is 0. The molecule has 0 fully saturated rings. The quantitative estimate of drug-likeness (QED) is 0.0607. The van der Waals surface area contributed by atoms with E-state index in [1.807, 2.05) is 0 Å². The summed E-state index contributed by atoms with van der Waals surface area (Å²) in [6.07, 6.45) is 10.6. The summed E-state index contributed by atoms with van der Waals surface area (Å²) in [4.78, 5) is 0. The highest BCUT2D eigenvalue weighted by molar-refractivity contribution is 6.74. The third-order valence-electron chi connectivity index (χ3n) is 7.24. The van der Waals surface area contributed by atoms with Crippen molar-refractivity contribution >= 4 is 8.32 Å². The van der Waals surface area contributed by atoms with Gasteiger partial charge in [0.25, 0.3) is 0 Å². The van der Waals surface area contributed by atoms with Gasteiger partial charge in [-0.15, -0.1) is 0 Å². The molecule has 0 radical (unpaired) electrons. The fourth-order valence-corrected chi connectivity index (χ4v) is 4.58. The molecule has 0 aromatic carbocycles. The molecule has 0 aromatic heterocycles. The molecule has 10 heteroatoms. The minimum Gasteiger partial charge on any atom is -0.414 e. The molecule has 0 N–H and O–H groups in total. The number of hydrogen-bond acceptors (Lipinski definition) is 9. The van der Waals surface area contributed by atoms with Crippen LogP contribution in [-0.4, -0.2) is 121 Å². The van der Waals surface area contributed by atoms with Crippen LogP contribution in [-0.2, 0) is 42.3 Å². The second-order valence-electron chi connectivity index (χ2n) is 12.0. The molecule has 0 saturated carbocycles. The Hall–Kier alpha value is -0.143. The van der Waals surface area contributed by atoms with E-state index in [4.69, 9.17) is 42.3 Å². The molecule has 0 heterocycles.